The summed E-state index contributed by atoms with van der Waals surface area (Å²) in [5.41, 5.74) is 2.80. The summed E-state index contributed by atoms with van der Waals surface area (Å²) in [7, 11) is -3.94. The fourth-order valence-electron chi connectivity index (χ4n) is 4.62. The van der Waals surface area contributed by atoms with Crippen LogP contribution in [0.5, 0.6) is 5.75 Å². The number of nitrogens with zero attached hydrogens (tertiary/aromatic N) is 6. The fourth-order valence-corrected chi connectivity index (χ4v) is 5.43. The van der Waals surface area contributed by atoms with Crippen LogP contribution < -0.4 is 4.74 Å². The molecule has 2 aliphatic heterocycles. The van der Waals surface area contributed by atoms with Crippen LogP contribution in [0.2, 0.25) is 0 Å². The third-order valence-electron chi connectivity index (χ3n) is 6.36. The minimum Gasteiger partial charge on any atom is -0.491 e. The fraction of sp³-hybridized carbons (Fsp3) is 0.500. The maximum atomic E-state index is 11.1. The molecule has 1 unspecified atom stereocenters. The lowest BCUT2D eigenvalue weighted by Crippen LogP contribution is -2.50. The van der Waals surface area contributed by atoms with Gasteiger partial charge in [-0.3, -0.25) is 9.45 Å². The van der Waals surface area contributed by atoms with Crippen LogP contribution in [0.4, 0.5) is 0 Å². The highest BCUT2D eigenvalue weighted by atomic mass is 32.2. The van der Waals surface area contributed by atoms with Gasteiger partial charge in [-0.25, -0.2) is 14.6 Å². The molecule has 0 bridgehead atoms. The summed E-state index contributed by atoms with van der Waals surface area (Å²) >= 11 is 0. The molecule has 0 amide bonds. The van der Waals surface area contributed by atoms with Gasteiger partial charge < -0.3 is 9.30 Å². The minimum absolute atomic E-state index is 0.0358. The third-order valence-corrected chi connectivity index (χ3v) is 7.26. The zero-order valence-corrected chi connectivity index (χ0v) is 19.7. The van der Waals surface area contributed by atoms with Gasteiger partial charge in [-0.05, 0) is 38.5 Å². The minimum atomic E-state index is -3.94. The Balaban J connectivity index is 1.44. The van der Waals surface area contributed by atoms with E-state index < -0.39 is 10.1 Å². The van der Waals surface area contributed by atoms with Gasteiger partial charge in [-0.15, -0.1) is 0 Å². The number of hydrogen-bond donors (Lipinski definition) is 1. The van der Waals surface area contributed by atoms with Crippen LogP contribution in [0.1, 0.15) is 38.4 Å². The van der Waals surface area contributed by atoms with Gasteiger partial charge in [0.1, 0.15) is 30.2 Å². The second kappa shape index (κ2) is 8.23. The maximum Gasteiger partial charge on any atom is 0.265 e. The molecule has 1 aromatic carbocycles. The topological polar surface area (TPSA) is 115 Å². The van der Waals surface area contributed by atoms with Crippen LogP contribution in [0.25, 0.3) is 22.9 Å². The average molecular weight is 473 g/mol. The summed E-state index contributed by atoms with van der Waals surface area (Å²) in [6.07, 6.45) is 3.56. The summed E-state index contributed by atoms with van der Waals surface area (Å²) in [6, 6.07) is 6.42. The van der Waals surface area contributed by atoms with Gasteiger partial charge >= 0.3 is 0 Å². The summed E-state index contributed by atoms with van der Waals surface area (Å²) < 4.78 is 41.3. The Kier molecular flexibility index (Phi) is 5.50. The molecule has 1 saturated heterocycles. The average Bonchev–Trinajstić information content (AvgIpc) is 3.33. The van der Waals surface area contributed by atoms with E-state index in [1.54, 1.807) is 6.33 Å². The lowest BCUT2D eigenvalue weighted by atomic mass is 9.95. The van der Waals surface area contributed by atoms with Crippen molar-refractivity contribution in [1.29, 1.82) is 0 Å². The van der Waals surface area contributed by atoms with Crippen molar-refractivity contribution in [2.45, 2.75) is 39.4 Å². The summed E-state index contributed by atoms with van der Waals surface area (Å²) in [6.45, 7) is 8.73. The molecule has 0 radical (unpaired) electrons. The number of aromatic nitrogens is 5. The zero-order chi connectivity index (χ0) is 23.3. The Hall–Kier alpha value is -2.76. The maximum absolute atomic E-state index is 11.1. The standard InChI is InChI=1S/C22H28N6O4S/c1-14(2)28-22(23-13-24-28)19-11-26-6-7-32-20-5-4-17(8-18(20)21(26)25-19)15(3)27-9-16(10-27)12-33(29,30)31/h4-5,8,11,13-16H,6-7,9-10,12H2,1-3H3,(H,29,30,31). The smallest absolute Gasteiger partial charge is 0.265 e. The molecule has 1 N–H and O–H groups in total. The Morgan fingerprint density at radius 1 is 1.21 bits per heavy atom. The van der Waals surface area contributed by atoms with Crippen LogP contribution >= 0.6 is 0 Å². The lowest BCUT2D eigenvalue weighted by molar-refractivity contribution is 0.0710. The van der Waals surface area contributed by atoms with Crippen LogP contribution in [-0.4, -0.2) is 67.6 Å². The molecule has 1 atom stereocenters. The highest BCUT2D eigenvalue weighted by molar-refractivity contribution is 7.85. The third kappa shape index (κ3) is 4.28. The van der Waals surface area contributed by atoms with E-state index in [9.17, 15) is 8.42 Å². The van der Waals surface area contributed by atoms with Crippen molar-refractivity contribution >= 4 is 10.1 Å². The molecule has 176 valence electrons. The summed E-state index contributed by atoms with van der Waals surface area (Å²) in [4.78, 5) is 11.6. The van der Waals surface area contributed by atoms with E-state index in [0.717, 1.165) is 34.2 Å². The molecule has 0 aliphatic carbocycles. The zero-order valence-electron chi connectivity index (χ0n) is 18.9. The van der Waals surface area contributed by atoms with Gasteiger partial charge in [0.25, 0.3) is 10.1 Å². The second-order valence-corrected chi connectivity index (χ2v) is 10.6. The van der Waals surface area contributed by atoms with Gasteiger partial charge in [0.05, 0.1) is 17.9 Å². The van der Waals surface area contributed by atoms with Crippen LogP contribution in [0, 0.1) is 5.92 Å². The van der Waals surface area contributed by atoms with E-state index in [0.29, 0.717) is 26.2 Å². The number of imidazole rings is 1. The molecule has 11 heteroatoms. The molecular weight excluding hydrogens is 444 g/mol. The predicted octanol–water partition coefficient (Wildman–Crippen LogP) is 2.66. The Morgan fingerprint density at radius 3 is 2.73 bits per heavy atom. The van der Waals surface area contributed by atoms with Crippen LogP contribution in [0.3, 0.4) is 0 Å². The molecule has 3 aromatic rings. The Bertz CT molecular complexity index is 1280. The van der Waals surface area contributed by atoms with Crippen LogP contribution in [-0.2, 0) is 16.7 Å². The quantitative estimate of drug-likeness (QED) is 0.545. The number of likely N-dealkylation sites (tertiary alicyclic amines) is 1. The van der Waals surface area contributed by atoms with Crippen molar-refractivity contribution < 1.29 is 17.7 Å². The van der Waals surface area contributed by atoms with E-state index >= 15 is 0 Å². The van der Waals surface area contributed by atoms with E-state index in [1.807, 2.05) is 16.9 Å². The van der Waals surface area contributed by atoms with Gasteiger partial charge in [-0.1, -0.05) is 6.07 Å². The van der Waals surface area contributed by atoms with E-state index in [4.69, 9.17) is 14.3 Å². The summed E-state index contributed by atoms with van der Waals surface area (Å²) in [5, 5.41) is 4.33. The lowest BCUT2D eigenvalue weighted by Gasteiger charge is -2.43. The predicted molar refractivity (Wildman–Crippen MR) is 122 cm³/mol. The number of rotatable bonds is 6. The number of ether oxygens (including phenoxy) is 1. The highest BCUT2D eigenvalue weighted by Gasteiger charge is 2.34. The van der Waals surface area contributed by atoms with Gasteiger partial charge in [-0.2, -0.15) is 13.5 Å². The van der Waals surface area contributed by atoms with E-state index in [1.165, 1.54) is 0 Å². The molecular formula is C22H28N6O4S. The molecule has 2 aliphatic rings. The van der Waals surface area contributed by atoms with Crippen molar-refractivity contribution in [2.75, 3.05) is 25.4 Å². The SMILES string of the molecule is CC(c1ccc2c(c1)-c1nc(-c3ncnn3C(C)C)cn1CCO2)N1CC(CS(=O)(=O)O)C1. The normalized spacial score (nSPS) is 17.7. The number of fused-ring (bicyclic) bond motifs is 3. The monoisotopic (exact) mass is 472 g/mol. The number of benzene rings is 1. The Labute approximate surface area is 193 Å². The largest absolute Gasteiger partial charge is 0.491 e. The first-order valence-corrected chi connectivity index (χ1v) is 12.7. The first kappa shape index (κ1) is 22.1. The first-order chi connectivity index (χ1) is 15.7. The van der Waals surface area contributed by atoms with E-state index in [-0.39, 0.29) is 23.8 Å². The molecule has 0 spiro atoms. The van der Waals surface area contributed by atoms with Gasteiger partial charge in [0, 0.05) is 37.3 Å². The summed E-state index contributed by atoms with van der Waals surface area (Å²) in [5.74, 6) is 2.14. The van der Waals surface area contributed by atoms with E-state index in [2.05, 4.69) is 52.5 Å². The van der Waals surface area contributed by atoms with Crippen LogP contribution in [0.15, 0.2) is 30.7 Å². The van der Waals surface area contributed by atoms with Crippen molar-refractivity contribution in [3.8, 4) is 28.7 Å². The second-order valence-electron chi connectivity index (χ2n) is 9.11. The first-order valence-electron chi connectivity index (χ1n) is 11.1. The molecule has 10 nitrogen and oxygen atoms in total. The highest BCUT2D eigenvalue weighted by Crippen LogP contribution is 2.38. The van der Waals surface area contributed by atoms with Crippen molar-refractivity contribution in [3.63, 3.8) is 0 Å². The van der Waals surface area contributed by atoms with Gasteiger partial charge in [0.15, 0.2) is 5.82 Å². The molecule has 1 fully saturated rings. The molecule has 33 heavy (non-hydrogen) atoms. The van der Waals surface area contributed by atoms with Crippen molar-refractivity contribution in [2.24, 2.45) is 5.92 Å². The van der Waals surface area contributed by atoms with Crippen molar-refractivity contribution in [3.05, 3.63) is 36.3 Å². The molecule has 2 aromatic heterocycles. The number of hydrogen-bond acceptors (Lipinski definition) is 7. The molecule has 4 heterocycles. The van der Waals surface area contributed by atoms with Gasteiger partial charge in [0.2, 0.25) is 0 Å². The molecule has 0 saturated carbocycles. The Morgan fingerprint density at radius 2 is 2.00 bits per heavy atom. The molecule has 5 rings (SSSR count). The van der Waals surface area contributed by atoms with Crippen molar-refractivity contribution in [1.82, 2.24) is 29.2 Å².